The highest BCUT2D eigenvalue weighted by Gasteiger charge is 2.32. The van der Waals surface area contributed by atoms with Crippen molar-refractivity contribution in [2.45, 2.75) is 82.8 Å². The first-order valence-electron chi connectivity index (χ1n) is 21.2. The molecule has 0 saturated carbocycles. The van der Waals surface area contributed by atoms with E-state index in [9.17, 15) is 28.8 Å². The number of rotatable bonds is 26. The second-order valence-corrected chi connectivity index (χ2v) is 15.9. The number of nitrogens with one attached hydrogen (secondary N) is 4. The van der Waals surface area contributed by atoms with Crippen molar-refractivity contribution in [1.82, 2.24) is 30.5 Å². The zero-order chi connectivity index (χ0) is 44.4. The molecule has 0 aliphatic heterocycles. The Kier molecular flexibility index (Phi) is 17.7. The number of fused-ring (bicyclic) bond motifs is 1. The number of aromatic amines is 2. The second kappa shape index (κ2) is 23.5. The van der Waals surface area contributed by atoms with Crippen molar-refractivity contribution in [2.75, 3.05) is 19.6 Å². The van der Waals surface area contributed by atoms with Crippen LogP contribution in [0.4, 0.5) is 4.79 Å². The fourth-order valence-corrected chi connectivity index (χ4v) is 7.46. The lowest BCUT2D eigenvalue weighted by molar-refractivity contribution is -0.132. The van der Waals surface area contributed by atoms with E-state index in [2.05, 4.69) is 25.6 Å². The number of primary amides is 1. The molecule has 0 fully saturated rings. The summed E-state index contributed by atoms with van der Waals surface area (Å²) in [5.41, 5.74) is 21.8. The SMILES string of the molecule is C[C@H](NC(=O)[C@H](CC(=O)[C@@H](N)Cc1cnc[nH]1)Cc1c[nH]c2ccccc12)C(=O)CN(CCc1ccccc1)C(=O)N[C@H](Cc1ccccc1)C(=O)C[C@@H](CCCCN)C(N)=O. The number of imidazole rings is 1. The first-order chi connectivity index (χ1) is 29.9. The topological polar surface area (TPSA) is 252 Å². The predicted molar refractivity (Wildman–Crippen MR) is 237 cm³/mol. The minimum atomic E-state index is -1.06. The van der Waals surface area contributed by atoms with Crippen LogP contribution < -0.4 is 27.8 Å². The molecule has 0 bridgehead atoms. The summed E-state index contributed by atoms with van der Waals surface area (Å²) >= 11 is 0. The molecule has 2 aromatic heterocycles. The van der Waals surface area contributed by atoms with Crippen LogP contribution in [-0.2, 0) is 49.7 Å². The molecule has 3 aromatic carbocycles. The number of benzene rings is 3. The lowest BCUT2D eigenvalue weighted by Gasteiger charge is -2.28. The third-order valence-corrected chi connectivity index (χ3v) is 11.2. The number of carbonyl (C=O) groups excluding carboxylic acids is 6. The molecule has 328 valence electrons. The summed E-state index contributed by atoms with van der Waals surface area (Å²) in [7, 11) is 0. The number of Topliss-reactive ketones (excluding diaryl/α,β-unsaturated/α-hetero) is 3. The van der Waals surface area contributed by atoms with Crippen molar-refractivity contribution in [2.24, 2.45) is 29.0 Å². The highest BCUT2D eigenvalue weighted by Crippen LogP contribution is 2.23. The van der Waals surface area contributed by atoms with Gasteiger partial charge in [0.2, 0.25) is 11.8 Å². The molecule has 5 aromatic rings. The number of H-pyrrole nitrogens is 2. The van der Waals surface area contributed by atoms with E-state index < -0.39 is 60.1 Å². The van der Waals surface area contributed by atoms with Gasteiger partial charge in [-0.15, -0.1) is 0 Å². The van der Waals surface area contributed by atoms with E-state index >= 15 is 0 Å². The second-order valence-electron chi connectivity index (χ2n) is 15.9. The fourth-order valence-electron chi connectivity index (χ4n) is 7.46. The summed E-state index contributed by atoms with van der Waals surface area (Å²) in [5.74, 6) is -3.86. The number of para-hydroxylation sites is 1. The van der Waals surface area contributed by atoms with E-state index in [1.807, 2.05) is 91.1 Å². The lowest BCUT2D eigenvalue weighted by atomic mass is 9.90. The summed E-state index contributed by atoms with van der Waals surface area (Å²) in [6, 6.07) is 22.6. The van der Waals surface area contributed by atoms with Crippen molar-refractivity contribution in [1.29, 1.82) is 0 Å². The number of nitrogens with two attached hydrogens (primary N) is 3. The molecular weight excluding hydrogens is 787 g/mol. The number of ketones is 3. The molecule has 0 radical (unpaired) electrons. The molecule has 0 aliphatic carbocycles. The van der Waals surface area contributed by atoms with E-state index in [0.29, 0.717) is 37.9 Å². The van der Waals surface area contributed by atoms with Crippen LogP contribution in [0, 0.1) is 11.8 Å². The molecule has 0 saturated heterocycles. The molecule has 5 rings (SSSR count). The Morgan fingerprint density at radius 1 is 0.758 bits per heavy atom. The Morgan fingerprint density at radius 3 is 2.11 bits per heavy atom. The first-order valence-corrected chi connectivity index (χ1v) is 21.2. The van der Waals surface area contributed by atoms with Crippen molar-refractivity contribution in [3.05, 3.63) is 126 Å². The van der Waals surface area contributed by atoms with Crippen LogP contribution in [0.1, 0.15) is 61.4 Å². The van der Waals surface area contributed by atoms with Crippen LogP contribution in [0.15, 0.2) is 104 Å². The highest BCUT2D eigenvalue weighted by molar-refractivity contribution is 5.96. The molecular formula is C47H59N9O6. The van der Waals surface area contributed by atoms with Gasteiger partial charge in [-0.1, -0.05) is 85.3 Å². The monoisotopic (exact) mass is 845 g/mol. The number of carbonyl (C=O) groups is 6. The van der Waals surface area contributed by atoms with Gasteiger partial charge in [-0.05, 0) is 68.3 Å². The molecule has 2 heterocycles. The Morgan fingerprint density at radius 2 is 1.44 bits per heavy atom. The van der Waals surface area contributed by atoms with E-state index in [1.54, 1.807) is 13.1 Å². The maximum atomic E-state index is 14.2. The van der Waals surface area contributed by atoms with Crippen molar-refractivity contribution in [3.8, 4) is 0 Å². The third kappa shape index (κ3) is 14.1. The van der Waals surface area contributed by atoms with E-state index in [0.717, 1.165) is 27.6 Å². The molecule has 15 nitrogen and oxygen atoms in total. The van der Waals surface area contributed by atoms with Crippen LogP contribution in [0.25, 0.3) is 10.9 Å². The van der Waals surface area contributed by atoms with Crippen molar-refractivity contribution >= 4 is 46.1 Å². The van der Waals surface area contributed by atoms with Crippen LogP contribution >= 0.6 is 0 Å². The number of urea groups is 1. The average Bonchev–Trinajstić information content (AvgIpc) is 3.94. The average molecular weight is 846 g/mol. The number of nitrogens with zero attached hydrogens (tertiary/aromatic N) is 2. The Bertz CT molecular complexity index is 2230. The molecule has 15 heteroatoms. The molecule has 0 aliphatic rings. The number of unbranched alkanes of at least 4 members (excludes halogenated alkanes) is 1. The standard InChI is InChI=1S/C47H59N9O6/c1-31(54-46(61)35(23-36-27-52-40-18-9-8-17-38(36)40)25-42(57)39(49)26-37-28-51-30-53-37)44(59)29-56(21-19-32-12-4-2-5-13-32)47(62)55-41(22-33-14-6-3-7-15-33)43(58)24-34(45(50)60)16-10-11-20-48/h2-9,12-15,17-18,27-28,30-31,34-35,39,41,52H,10-11,16,19-26,29,48-49H2,1H3,(H2,50,60)(H,51,53)(H,54,61)(H,55,62)/t31-,34+,35-,39-,41+/m0/s1. The third-order valence-electron chi connectivity index (χ3n) is 11.2. The molecule has 10 N–H and O–H groups in total. The van der Waals surface area contributed by atoms with Gasteiger partial charge in [0.1, 0.15) is 0 Å². The summed E-state index contributed by atoms with van der Waals surface area (Å²) in [5, 5.41) is 6.60. The Hall–Kier alpha value is -6.45. The van der Waals surface area contributed by atoms with Crippen LogP contribution in [0.3, 0.4) is 0 Å². The van der Waals surface area contributed by atoms with Crippen molar-refractivity contribution in [3.63, 3.8) is 0 Å². The number of aromatic nitrogens is 3. The van der Waals surface area contributed by atoms with Gasteiger partial charge in [0.05, 0.1) is 31.0 Å². The molecule has 5 atom stereocenters. The first kappa shape index (κ1) is 46.6. The zero-order valence-corrected chi connectivity index (χ0v) is 35.3. The van der Waals surface area contributed by atoms with Gasteiger partial charge in [0.25, 0.3) is 0 Å². The smallest absolute Gasteiger partial charge is 0.318 e. The summed E-state index contributed by atoms with van der Waals surface area (Å²) in [4.78, 5) is 93.6. The predicted octanol–water partition coefficient (Wildman–Crippen LogP) is 3.71. The van der Waals surface area contributed by atoms with E-state index in [1.165, 1.54) is 11.2 Å². The van der Waals surface area contributed by atoms with Gasteiger partial charge in [0, 0.05) is 66.6 Å². The Labute approximate surface area is 362 Å². The van der Waals surface area contributed by atoms with Gasteiger partial charge in [-0.2, -0.15) is 0 Å². The highest BCUT2D eigenvalue weighted by atomic mass is 16.2. The lowest BCUT2D eigenvalue weighted by Crippen LogP contribution is -2.53. The molecule has 62 heavy (non-hydrogen) atoms. The van der Waals surface area contributed by atoms with E-state index in [4.69, 9.17) is 17.2 Å². The quantitative estimate of drug-likeness (QED) is 0.0400. The largest absolute Gasteiger partial charge is 0.369 e. The van der Waals surface area contributed by atoms with Gasteiger partial charge in [-0.25, -0.2) is 9.78 Å². The van der Waals surface area contributed by atoms with Crippen LogP contribution in [0.2, 0.25) is 0 Å². The minimum Gasteiger partial charge on any atom is -0.369 e. The summed E-state index contributed by atoms with van der Waals surface area (Å²) in [6.45, 7) is 1.71. The van der Waals surface area contributed by atoms with E-state index in [-0.39, 0.29) is 50.2 Å². The Balaban J connectivity index is 1.33. The normalized spacial score (nSPS) is 13.7. The number of hydrogen-bond acceptors (Lipinski definition) is 9. The maximum Gasteiger partial charge on any atom is 0.318 e. The molecule has 4 amide bonds. The molecule has 0 spiro atoms. The van der Waals surface area contributed by atoms with Gasteiger partial charge >= 0.3 is 6.03 Å². The van der Waals surface area contributed by atoms with Gasteiger partial charge in [-0.3, -0.25) is 24.0 Å². The number of amides is 4. The van der Waals surface area contributed by atoms with Gasteiger partial charge in [0.15, 0.2) is 17.3 Å². The summed E-state index contributed by atoms with van der Waals surface area (Å²) in [6.07, 6.45) is 7.21. The zero-order valence-electron chi connectivity index (χ0n) is 35.3. The van der Waals surface area contributed by atoms with Gasteiger partial charge < -0.3 is 42.7 Å². The fraction of sp³-hybridized carbons (Fsp3) is 0.383. The summed E-state index contributed by atoms with van der Waals surface area (Å²) < 4.78 is 0. The van der Waals surface area contributed by atoms with Crippen molar-refractivity contribution < 1.29 is 28.8 Å². The maximum absolute atomic E-state index is 14.2. The molecule has 0 unspecified atom stereocenters. The van der Waals surface area contributed by atoms with Crippen LogP contribution in [0.5, 0.6) is 0 Å². The minimum absolute atomic E-state index is 0.114. The van der Waals surface area contributed by atoms with Crippen LogP contribution in [-0.4, -0.2) is 92.8 Å². The number of hydrogen-bond donors (Lipinski definition) is 7.